The number of nitrogens with zero attached hydrogens (tertiary/aromatic N) is 2. The van der Waals surface area contributed by atoms with Crippen LogP contribution in [0.1, 0.15) is 58.8 Å². The Morgan fingerprint density at radius 1 is 1.27 bits per heavy atom. The van der Waals surface area contributed by atoms with Gasteiger partial charge in [-0.3, -0.25) is 4.79 Å². The number of rotatable bonds is 7. The zero-order chi connectivity index (χ0) is 16.4. The highest BCUT2D eigenvalue weighted by Crippen LogP contribution is 2.27. The minimum absolute atomic E-state index is 0.0204. The Labute approximate surface area is 135 Å². The number of hydrogen-bond acceptors (Lipinski definition) is 2. The van der Waals surface area contributed by atoms with E-state index in [-0.39, 0.29) is 12.5 Å². The van der Waals surface area contributed by atoms with Crippen molar-refractivity contribution < 1.29 is 4.79 Å². The summed E-state index contributed by atoms with van der Waals surface area (Å²) in [5.41, 5.74) is 0. The quantitative estimate of drug-likeness (QED) is 0.561. The normalized spacial score (nSPS) is 17.9. The fourth-order valence-electron chi connectivity index (χ4n) is 2.88. The number of carbonyl (C=O) groups is 1. The average molecular weight is 310 g/mol. The summed E-state index contributed by atoms with van der Waals surface area (Å²) in [6.07, 6.45) is 9.49. The third kappa shape index (κ3) is 7.66. The second-order valence-corrected chi connectivity index (χ2v) is 6.61. The molecule has 1 rings (SSSR count). The Morgan fingerprint density at radius 3 is 2.55 bits per heavy atom. The molecule has 1 amide bonds. The van der Waals surface area contributed by atoms with Crippen LogP contribution in [0, 0.1) is 5.92 Å². The fraction of sp³-hybridized carbons (Fsp3) is 0.882. The molecule has 1 aliphatic rings. The lowest BCUT2D eigenvalue weighted by molar-refractivity contribution is -0.127. The first-order chi connectivity index (χ1) is 10.5. The minimum atomic E-state index is 0.0204. The molecule has 0 bridgehead atoms. The third-order valence-electron chi connectivity index (χ3n) is 4.33. The summed E-state index contributed by atoms with van der Waals surface area (Å²) >= 11 is 0. The van der Waals surface area contributed by atoms with Crippen LogP contribution in [0.4, 0.5) is 0 Å². The molecule has 1 unspecified atom stereocenters. The summed E-state index contributed by atoms with van der Waals surface area (Å²) in [6, 6.07) is 0.384. The molecule has 0 aliphatic heterocycles. The van der Waals surface area contributed by atoms with Crippen LogP contribution in [0.25, 0.3) is 0 Å². The van der Waals surface area contributed by atoms with Gasteiger partial charge in [0.2, 0.25) is 5.91 Å². The van der Waals surface area contributed by atoms with Gasteiger partial charge in [0, 0.05) is 26.7 Å². The maximum absolute atomic E-state index is 11.6. The minimum Gasteiger partial charge on any atom is -0.357 e. The number of guanidine groups is 1. The number of aliphatic imine (C=N–C) groups is 1. The highest BCUT2D eigenvalue weighted by molar-refractivity contribution is 5.84. The second kappa shape index (κ2) is 10.5. The van der Waals surface area contributed by atoms with E-state index in [1.807, 2.05) is 6.92 Å². The second-order valence-electron chi connectivity index (χ2n) is 6.61. The summed E-state index contributed by atoms with van der Waals surface area (Å²) in [5.74, 6) is 1.67. The van der Waals surface area contributed by atoms with Gasteiger partial charge in [0.15, 0.2) is 5.96 Å². The Hall–Kier alpha value is -1.26. The molecule has 5 nitrogen and oxygen atoms in total. The molecule has 22 heavy (non-hydrogen) atoms. The molecule has 0 aromatic rings. The van der Waals surface area contributed by atoms with Crippen LogP contribution in [0.3, 0.4) is 0 Å². The van der Waals surface area contributed by atoms with Crippen LogP contribution in [0.5, 0.6) is 0 Å². The Morgan fingerprint density at radius 2 is 1.95 bits per heavy atom. The van der Waals surface area contributed by atoms with Gasteiger partial charge in [-0.2, -0.15) is 0 Å². The summed E-state index contributed by atoms with van der Waals surface area (Å²) in [5, 5.41) is 6.63. The molecule has 0 spiro atoms. The SMILES string of the molecule is CCNC(=NCC(=O)N(C)C)NC(C)CCC1CCCCC1. The number of hydrogen-bond donors (Lipinski definition) is 2. The van der Waals surface area contributed by atoms with Crippen LogP contribution in [0.2, 0.25) is 0 Å². The van der Waals surface area contributed by atoms with E-state index in [2.05, 4.69) is 22.5 Å². The van der Waals surface area contributed by atoms with Gasteiger partial charge in [-0.15, -0.1) is 0 Å². The molecule has 1 aliphatic carbocycles. The maximum Gasteiger partial charge on any atom is 0.243 e. The van der Waals surface area contributed by atoms with E-state index in [0.717, 1.165) is 24.8 Å². The van der Waals surface area contributed by atoms with Gasteiger partial charge in [0.1, 0.15) is 6.54 Å². The summed E-state index contributed by atoms with van der Waals surface area (Å²) in [6.45, 7) is 5.23. The number of amides is 1. The van der Waals surface area contributed by atoms with Crippen molar-refractivity contribution in [2.45, 2.75) is 64.8 Å². The lowest BCUT2D eigenvalue weighted by Crippen LogP contribution is -2.43. The van der Waals surface area contributed by atoms with Gasteiger partial charge >= 0.3 is 0 Å². The lowest BCUT2D eigenvalue weighted by atomic mass is 9.85. The van der Waals surface area contributed by atoms with Gasteiger partial charge in [0.05, 0.1) is 0 Å². The van der Waals surface area contributed by atoms with Gasteiger partial charge in [-0.1, -0.05) is 32.1 Å². The van der Waals surface area contributed by atoms with Crippen LogP contribution < -0.4 is 10.6 Å². The lowest BCUT2D eigenvalue weighted by Gasteiger charge is -2.24. The molecule has 1 fully saturated rings. The molecule has 0 radical (unpaired) electrons. The van der Waals surface area contributed by atoms with E-state index >= 15 is 0 Å². The standard InChI is InChI=1S/C17H34N4O/c1-5-18-17(19-13-16(22)21(3)4)20-14(2)11-12-15-9-7-6-8-10-15/h14-15H,5-13H2,1-4H3,(H2,18,19,20). The Bertz CT molecular complexity index is 349. The van der Waals surface area contributed by atoms with Gasteiger partial charge in [-0.05, 0) is 32.6 Å². The maximum atomic E-state index is 11.6. The largest absolute Gasteiger partial charge is 0.357 e. The summed E-state index contributed by atoms with van der Waals surface area (Å²) in [7, 11) is 3.51. The number of likely N-dealkylation sites (N-methyl/N-ethyl adjacent to an activating group) is 1. The van der Waals surface area contributed by atoms with Crippen molar-refractivity contribution in [3.8, 4) is 0 Å². The smallest absolute Gasteiger partial charge is 0.243 e. The molecular weight excluding hydrogens is 276 g/mol. The van der Waals surface area contributed by atoms with Crippen molar-refractivity contribution in [3.63, 3.8) is 0 Å². The molecule has 0 saturated heterocycles. The first kappa shape index (κ1) is 18.8. The van der Waals surface area contributed by atoms with Crippen LogP contribution in [-0.4, -0.2) is 50.0 Å². The van der Waals surface area contributed by atoms with Crippen molar-refractivity contribution in [1.82, 2.24) is 15.5 Å². The molecular formula is C17H34N4O. The van der Waals surface area contributed by atoms with Crippen molar-refractivity contribution in [3.05, 3.63) is 0 Å². The van der Waals surface area contributed by atoms with E-state index in [1.54, 1.807) is 19.0 Å². The Balaban J connectivity index is 2.36. The van der Waals surface area contributed by atoms with E-state index < -0.39 is 0 Å². The van der Waals surface area contributed by atoms with Gasteiger partial charge in [-0.25, -0.2) is 4.99 Å². The predicted molar refractivity (Wildman–Crippen MR) is 93.1 cm³/mol. The van der Waals surface area contributed by atoms with E-state index in [1.165, 1.54) is 38.5 Å². The number of nitrogens with one attached hydrogen (secondary N) is 2. The summed E-state index contributed by atoms with van der Waals surface area (Å²) in [4.78, 5) is 17.6. The van der Waals surface area contributed by atoms with Crippen molar-refractivity contribution in [1.29, 1.82) is 0 Å². The van der Waals surface area contributed by atoms with Crippen LogP contribution in [-0.2, 0) is 4.79 Å². The zero-order valence-corrected chi connectivity index (χ0v) is 14.8. The molecule has 1 atom stereocenters. The molecule has 5 heteroatoms. The zero-order valence-electron chi connectivity index (χ0n) is 14.8. The molecule has 1 saturated carbocycles. The molecule has 0 aromatic heterocycles. The first-order valence-electron chi connectivity index (χ1n) is 8.78. The Kier molecular flexibility index (Phi) is 8.94. The molecule has 2 N–H and O–H groups in total. The van der Waals surface area contributed by atoms with Crippen molar-refractivity contribution in [2.24, 2.45) is 10.9 Å². The van der Waals surface area contributed by atoms with Crippen LogP contribution >= 0.6 is 0 Å². The van der Waals surface area contributed by atoms with E-state index in [9.17, 15) is 4.79 Å². The third-order valence-corrected chi connectivity index (χ3v) is 4.33. The number of carbonyl (C=O) groups excluding carboxylic acids is 1. The van der Waals surface area contributed by atoms with E-state index in [4.69, 9.17) is 0 Å². The van der Waals surface area contributed by atoms with Crippen molar-refractivity contribution in [2.75, 3.05) is 27.2 Å². The molecule has 0 aromatic carbocycles. The fourth-order valence-corrected chi connectivity index (χ4v) is 2.88. The first-order valence-corrected chi connectivity index (χ1v) is 8.78. The highest BCUT2D eigenvalue weighted by Gasteiger charge is 2.15. The predicted octanol–water partition coefficient (Wildman–Crippen LogP) is 2.38. The molecule has 128 valence electrons. The van der Waals surface area contributed by atoms with Gasteiger partial charge in [0.25, 0.3) is 0 Å². The van der Waals surface area contributed by atoms with Crippen molar-refractivity contribution >= 4 is 11.9 Å². The topological polar surface area (TPSA) is 56.7 Å². The van der Waals surface area contributed by atoms with E-state index in [0.29, 0.717) is 6.04 Å². The average Bonchev–Trinajstić information content (AvgIpc) is 2.51. The molecule has 0 heterocycles. The highest BCUT2D eigenvalue weighted by atomic mass is 16.2. The van der Waals surface area contributed by atoms with Gasteiger partial charge < -0.3 is 15.5 Å². The monoisotopic (exact) mass is 310 g/mol. The summed E-state index contributed by atoms with van der Waals surface area (Å²) < 4.78 is 0. The van der Waals surface area contributed by atoms with Crippen LogP contribution in [0.15, 0.2) is 4.99 Å².